The maximum absolute atomic E-state index is 12.5. The number of benzene rings is 3. The van der Waals surface area contributed by atoms with Crippen molar-refractivity contribution in [1.29, 1.82) is 0 Å². The van der Waals surface area contributed by atoms with Gasteiger partial charge in [-0.3, -0.25) is 4.79 Å². The van der Waals surface area contributed by atoms with Crippen LogP contribution in [0, 0.1) is 0 Å². The molecule has 39 heavy (non-hydrogen) atoms. The summed E-state index contributed by atoms with van der Waals surface area (Å²) in [4.78, 5) is 37.2. The minimum absolute atomic E-state index is 0.0361. The Kier molecular flexibility index (Phi) is 8.14. The smallest absolute Gasteiger partial charge is 0.349 e. The van der Waals surface area contributed by atoms with E-state index in [2.05, 4.69) is 5.32 Å². The molecule has 4 aromatic rings. The minimum Gasteiger partial charge on any atom is -0.489 e. The Morgan fingerprint density at radius 2 is 1.77 bits per heavy atom. The lowest BCUT2D eigenvalue weighted by Gasteiger charge is -2.10. The first-order valence-electron chi connectivity index (χ1n) is 12.7. The molecule has 8 heteroatoms. The molecule has 1 aliphatic heterocycles. The zero-order chi connectivity index (χ0) is 27.0. The Bertz CT molecular complexity index is 1540. The highest BCUT2D eigenvalue weighted by molar-refractivity contribution is 5.97. The molecule has 5 rings (SSSR count). The fourth-order valence-electron chi connectivity index (χ4n) is 4.15. The topological polar surface area (TPSA) is 104 Å². The van der Waals surface area contributed by atoms with E-state index in [1.165, 1.54) is 18.2 Å². The van der Waals surface area contributed by atoms with Crippen LogP contribution in [-0.2, 0) is 16.1 Å². The number of rotatable bonds is 9. The molecule has 1 saturated heterocycles. The molecule has 3 aromatic carbocycles. The number of hydrogen-bond acceptors (Lipinski definition) is 7. The highest BCUT2D eigenvalue weighted by Crippen LogP contribution is 2.21. The van der Waals surface area contributed by atoms with Gasteiger partial charge in [0.1, 0.15) is 29.3 Å². The maximum Gasteiger partial charge on any atom is 0.349 e. The predicted molar refractivity (Wildman–Crippen MR) is 146 cm³/mol. The predicted octanol–water partition coefficient (Wildman–Crippen LogP) is 4.90. The average molecular weight is 526 g/mol. The summed E-state index contributed by atoms with van der Waals surface area (Å²) in [6.45, 7) is 1.49. The van der Waals surface area contributed by atoms with Crippen LogP contribution in [0.25, 0.3) is 17.0 Å². The molecule has 0 bridgehead atoms. The lowest BCUT2D eigenvalue weighted by atomic mass is 10.1. The van der Waals surface area contributed by atoms with Gasteiger partial charge < -0.3 is 23.9 Å². The second-order valence-electron chi connectivity index (χ2n) is 9.09. The van der Waals surface area contributed by atoms with Gasteiger partial charge in [0.15, 0.2) is 0 Å². The molecule has 1 aromatic heterocycles. The second kappa shape index (κ2) is 12.2. The number of hydrogen-bond donors (Lipinski definition) is 1. The fraction of sp³-hybridized carbons (Fsp3) is 0.194. The van der Waals surface area contributed by atoms with Crippen molar-refractivity contribution >= 4 is 28.9 Å². The number of amides is 1. The molecule has 1 amide bonds. The lowest BCUT2D eigenvalue weighted by molar-refractivity contribution is -0.128. The first-order chi connectivity index (χ1) is 19.0. The molecule has 0 spiro atoms. The van der Waals surface area contributed by atoms with E-state index in [1.807, 2.05) is 54.6 Å². The van der Waals surface area contributed by atoms with Gasteiger partial charge in [0.25, 0.3) is 5.91 Å². The van der Waals surface area contributed by atoms with Crippen LogP contribution in [-0.4, -0.2) is 31.1 Å². The van der Waals surface area contributed by atoms with Crippen LogP contribution in [0.5, 0.6) is 11.5 Å². The third-order valence-corrected chi connectivity index (χ3v) is 6.23. The van der Waals surface area contributed by atoms with Gasteiger partial charge >= 0.3 is 11.6 Å². The SMILES string of the molecule is O=C(/C=C/c1ccc(OCc2ccccc2)cc1)Oc1ccc2cc(C(=O)NCC3CCCO3)c(=O)oc2c1. The molecule has 1 unspecified atom stereocenters. The molecule has 1 aliphatic rings. The summed E-state index contributed by atoms with van der Waals surface area (Å²) in [5.41, 5.74) is 1.22. The van der Waals surface area contributed by atoms with Crippen LogP contribution < -0.4 is 20.4 Å². The Morgan fingerprint density at radius 3 is 2.54 bits per heavy atom. The summed E-state index contributed by atoms with van der Waals surface area (Å²) in [6, 6.07) is 23.3. The zero-order valence-corrected chi connectivity index (χ0v) is 21.1. The van der Waals surface area contributed by atoms with E-state index < -0.39 is 17.5 Å². The van der Waals surface area contributed by atoms with E-state index in [4.69, 9.17) is 18.6 Å². The van der Waals surface area contributed by atoms with Crippen molar-refractivity contribution < 1.29 is 28.2 Å². The highest BCUT2D eigenvalue weighted by Gasteiger charge is 2.19. The maximum atomic E-state index is 12.5. The Balaban J connectivity index is 1.17. The summed E-state index contributed by atoms with van der Waals surface area (Å²) in [5, 5.41) is 3.25. The first kappa shape index (κ1) is 25.9. The number of esters is 1. The molecule has 198 valence electrons. The number of nitrogens with one attached hydrogen (secondary N) is 1. The average Bonchev–Trinajstić information content (AvgIpc) is 3.48. The van der Waals surface area contributed by atoms with Crippen molar-refractivity contribution in [3.8, 4) is 11.5 Å². The monoisotopic (exact) mass is 525 g/mol. The van der Waals surface area contributed by atoms with Gasteiger partial charge in [0.05, 0.1) is 6.10 Å². The summed E-state index contributed by atoms with van der Waals surface area (Å²) < 4.78 is 22.0. The van der Waals surface area contributed by atoms with Gasteiger partial charge in [-0.15, -0.1) is 0 Å². The molecule has 0 radical (unpaired) electrons. The Hall–Kier alpha value is -4.69. The van der Waals surface area contributed by atoms with Crippen molar-refractivity contribution in [3.63, 3.8) is 0 Å². The van der Waals surface area contributed by atoms with Gasteiger partial charge in [0.2, 0.25) is 0 Å². The van der Waals surface area contributed by atoms with Crippen LogP contribution >= 0.6 is 0 Å². The second-order valence-corrected chi connectivity index (χ2v) is 9.09. The number of ether oxygens (including phenoxy) is 3. The van der Waals surface area contributed by atoms with Crippen LogP contribution in [0.1, 0.15) is 34.3 Å². The Labute approximate surface area is 224 Å². The third-order valence-electron chi connectivity index (χ3n) is 6.23. The summed E-state index contributed by atoms with van der Waals surface area (Å²) in [5.74, 6) is -0.177. The molecule has 2 heterocycles. The molecule has 1 N–H and O–H groups in total. The number of carbonyl (C=O) groups is 2. The van der Waals surface area contributed by atoms with Crippen LogP contribution in [0.3, 0.4) is 0 Å². The fourth-order valence-corrected chi connectivity index (χ4v) is 4.15. The first-order valence-corrected chi connectivity index (χ1v) is 12.7. The van der Waals surface area contributed by atoms with Crippen molar-refractivity contribution in [2.45, 2.75) is 25.6 Å². The molecule has 1 fully saturated rings. The summed E-state index contributed by atoms with van der Waals surface area (Å²) >= 11 is 0. The van der Waals surface area contributed by atoms with Gasteiger partial charge in [-0.05, 0) is 60.4 Å². The van der Waals surface area contributed by atoms with E-state index in [-0.39, 0.29) is 23.0 Å². The standard InChI is InChI=1S/C31H27NO7/c33-29(15-10-21-8-12-24(13-9-21)37-20-22-5-2-1-3-6-22)38-25-14-11-23-17-27(31(35)39-28(23)18-25)30(34)32-19-26-7-4-16-36-26/h1-3,5-6,8-15,17-18,26H,4,7,16,19-20H2,(H,32,34)/b15-10+. The van der Waals surface area contributed by atoms with E-state index in [0.717, 1.165) is 29.7 Å². The number of carbonyl (C=O) groups excluding carboxylic acids is 2. The van der Waals surface area contributed by atoms with Gasteiger partial charge in [-0.1, -0.05) is 42.5 Å². The molecule has 0 aliphatic carbocycles. The molecule has 8 nitrogen and oxygen atoms in total. The quantitative estimate of drug-likeness (QED) is 0.143. The molecule has 0 saturated carbocycles. The number of fused-ring (bicyclic) bond motifs is 1. The van der Waals surface area contributed by atoms with Crippen molar-refractivity contribution in [3.05, 3.63) is 112 Å². The highest BCUT2D eigenvalue weighted by atomic mass is 16.5. The third kappa shape index (κ3) is 7.00. The summed E-state index contributed by atoms with van der Waals surface area (Å²) in [7, 11) is 0. The summed E-state index contributed by atoms with van der Waals surface area (Å²) in [6.07, 6.45) is 4.73. The van der Waals surface area contributed by atoms with Gasteiger partial charge in [-0.25, -0.2) is 9.59 Å². The largest absolute Gasteiger partial charge is 0.489 e. The van der Waals surface area contributed by atoms with Crippen LogP contribution in [0.4, 0.5) is 0 Å². The minimum atomic E-state index is -0.771. The van der Waals surface area contributed by atoms with Gasteiger partial charge in [0, 0.05) is 30.7 Å². The molecule has 1 atom stereocenters. The normalized spacial score (nSPS) is 14.9. The Morgan fingerprint density at radius 1 is 0.974 bits per heavy atom. The van der Waals surface area contributed by atoms with E-state index >= 15 is 0 Å². The van der Waals surface area contributed by atoms with Crippen molar-refractivity contribution in [2.75, 3.05) is 13.2 Å². The van der Waals surface area contributed by atoms with E-state index in [9.17, 15) is 14.4 Å². The zero-order valence-electron chi connectivity index (χ0n) is 21.1. The molecular formula is C31H27NO7. The van der Waals surface area contributed by atoms with Crippen LogP contribution in [0.2, 0.25) is 0 Å². The van der Waals surface area contributed by atoms with E-state index in [1.54, 1.807) is 18.2 Å². The lowest BCUT2D eigenvalue weighted by Crippen LogP contribution is -2.34. The van der Waals surface area contributed by atoms with Crippen molar-refractivity contribution in [2.24, 2.45) is 0 Å². The van der Waals surface area contributed by atoms with Crippen LogP contribution in [0.15, 0.2) is 94.2 Å². The molecular weight excluding hydrogens is 498 g/mol. The van der Waals surface area contributed by atoms with E-state index in [0.29, 0.717) is 25.1 Å². The van der Waals surface area contributed by atoms with Crippen molar-refractivity contribution in [1.82, 2.24) is 5.32 Å². The van der Waals surface area contributed by atoms with Gasteiger partial charge in [-0.2, -0.15) is 0 Å².